The first-order valence-corrected chi connectivity index (χ1v) is 21.9. The Hall–Kier alpha value is -6.35. The predicted molar refractivity (Wildman–Crippen MR) is 287 cm³/mol. The van der Waals surface area contributed by atoms with Gasteiger partial charge in [-0.1, -0.05) is 207 Å². The molecule has 0 aliphatic carbocycles. The second-order valence-electron chi connectivity index (χ2n) is 17.5. The molecule has 0 saturated carbocycles. The van der Waals surface area contributed by atoms with Gasteiger partial charge in [0.15, 0.2) is 0 Å². The van der Waals surface area contributed by atoms with Crippen LogP contribution in [0.25, 0.3) is 83.9 Å². The SMILES string of the molecule is [2H]C([2H])([2H])C(c1ccc(-c2ccnc(-c3[c-]c(-c4cccc5c4nc(-c4cc(C(C([2H])([2H])[2H])(C([2H])([2H])[2H])C([2H])([2H])[2H])cc(C(C([2H])([2H])[2H])(C([2H])([2H])[2H])C([2H])([2H])[2H])c4O)n5-c4ccc(CC(C)C)cc4-c4ccccc4)cc(-c4ccccc4)c3)c2)cc1)(C([2H])([2H])[2H])C([2H])([2H])[2H].[Pt]. The number of aromatic hydroxyl groups is 1. The molecule has 2 aromatic heterocycles. The van der Waals surface area contributed by atoms with Crippen molar-refractivity contribution in [1.29, 1.82) is 0 Å². The number of hydrogen-bond donors (Lipinski definition) is 1. The fourth-order valence-electron chi connectivity index (χ4n) is 8.59. The molecule has 352 valence electrons. The molecule has 0 aliphatic rings. The average molecular weight is 1110 g/mol. The van der Waals surface area contributed by atoms with Gasteiger partial charge in [0.1, 0.15) is 11.6 Å². The number of para-hydroxylation sites is 1. The Morgan fingerprint density at radius 2 is 1.22 bits per heavy atom. The van der Waals surface area contributed by atoms with Gasteiger partial charge in [-0.3, -0.25) is 9.55 Å². The normalized spacial score (nSPS) is 19.6. The summed E-state index contributed by atoms with van der Waals surface area (Å²) >= 11 is 0. The molecule has 4 nitrogen and oxygen atoms in total. The summed E-state index contributed by atoms with van der Waals surface area (Å²) in [5.74, 6) is -1.82. The van der Waals surface area contributed by atoms with Gasteiger partial charge in [-0.25, -0.2) is 4.98 Å². The molecule has 0 bridgehead atoms. The number of rotatable bonds is 9. The molecule has 2 heterocycles. The molecule has 0 aliphatic heterocycles. The molecular formula is C64H64N3OPt-. The number of fused-ring (bicyclic) bond motifs is 1. The van der Waals surface area contributed by atoms with Crippen LogP contribution in [0.1, 0.15) is 135 Å². The van der Waals surface area contributed by atoms with Crippen LogP contribution >= 0.6 is 0 Å². The molecule has 0 atom stereocenters. The topological polar surface area (TPSA) is 50.9 Å². The fourth-order valence-corrected chi connectivity index (χ4v) is 8.59. The fraction of sp³-hybridized carbons (Fsp3) is 0.250. The average Bonchev–Trinajstić information content (AvgIpc) is 0.792. The maximum Gasteiger partial charge on any atom is 0.148 e. The Morgan fingerprint density at radius 3 is 1.90 bits per heavy atom. The zero-order valence-electron chi connectivity index (χ0n) is 64.5. The maximum atomic E-state index is 13.1. The first-order chi connectivity index (χ1) is 43.6. The van der Waals surface area contributed by atoms with E-state index in [2.05, 4.69) is 6.07 Å². The number of benzene rings is 7. The van der Waals surface area contributed by atoms with Gasteiger partial charge in [0.05, 0.1) is 22.3 Å². The molecule has 0 unspecified atom stereocenters. The zero-order valence-corrected chi connectivity index (χ0v) is 39.8. The van der Waals surface area contributed by atoms with Crippen LogP contribution in [0.3, 0.4) is 0 Å². The predicted octanol–water partition coefficient (Wildman–Crippen LogP) is 17.0. The molecule has 7 aromatic carbocycles. The van der Waals surface area contributed by atoms with Crippen LogP contribution in [0.5, 0.6) is 5.75 Å². The molecule has 0 fully saturated rings. The quantitative estimate of drug-likeness (QED) is 0.147. The molecule has 0 amide bonds. The van der Waals surface area contributed by atoms with Crippen LogP contribution in [0.15, 0.2) is 164 Å². The largest absolute Gasteiger partial charge is 0.507 e. The molecule has 69 heavy (non-hydrogen) atoms. The molecule has 9 rings (SSSR count). The van der Waals surface area contributed by atoms with Gasteiger partial charge in [-0.2, -0.15) is 0 Å². The van der Waals surface area contributed by atoms with Crippen molar-refractivity contribution in [1.82, 2.24) is 14.5 Å². The molecule has 0 saturated heterocycles. The van der Waals surface area contributed by atoms with E-state index in [9.17, 15) is 5.11 Å². The minimum Gasteiger partial charge on any atom is -0.507 e. The molecule has 5 heteroatoms. The number of imidazole rings is 1. The van der Waals surface area contributed by atoms with E-state index in [1.165, 1.54) is 22.9 Å². The van der Waals surface area contributed by atoms with Gasteiger partial charge >= 0.3 is 0 Å². The second kappa shape index (κ2) is 19.2. The van der Waals surface area contributed by atoms with Gasteiger partial charge in [0, 0.05) is 81.1 Å². The summed E-state index contributed by atoms with van der Waals surface area (Å²) < 4.78 is 234. The second-order valence-corrected chi connectivity index (χ2v) is 17.5. The molecule has 9 aromatic rings. The van der Waals surface area contributed by atoms with Crippen molar-refractivity contribution >= 4 is 11.0 Å². The maximum absolute atomic E-state index is 13.1. The Morgan fingerprint density at radius 1 is 0.565 bits per heavy atom. The Bertz CT molecular complexity index is 4200. The number of pyridine rings is 1. The monoisotopic (exact) mass is 1110 g/mol. The van der Waals surface area contributed by atoms with Crippen molar-refractivity contribution in [2.24, 2.45) is 5.92 Å². The minimum atomic E-state index is -4.22. The van der Waals surface area contributed by atoms with Gasteiger partial charge < -0.3 is 5.11 Å². The Kier molecular flexibility index (Phi) is 7.10. The molecule has 0 spiro atoms. The summed E-state index contributed by atoms with van der Waals surface area (Å²) in [7, 11) is 0. The van der Waals surface area contributed by atoms with Gasteiger partial charge in [0.25, 0.3) is 0 Å². The van der Waals surface area contributed by atoms with E-state index in [-0.39, 0.29) is 61.0 Å². The van der Waals surface area contributed by atoms with Crippen molar-refractivity contribution in [2.45, 2.75) is 98.2 Å². The van der Waals surface area contributed by atoms with Crippen LogP contribution in [0, 0.1) is 12.0 Å². The number of phenolic OH excluding ortho intramolecular Hbond substituents is 1. The Balaban J connectivity index is 0.0000118. The summed E-state index contributed by atoms with van der Waals surface area (Å²) in [6.45, 7) is -31.5. The van der Waals surface area contributed by atoms with Crippen LogP contribution in [-0.2, 0) is 43.7 Å². The third kappa shape index (κ3) is 10.2. The number of aromatic nitrogens is 3. The van der Waals surface area contributed by atoms with Crippen LogP contribution in [-0.4, -0.2) is 19.6 Å². The van der Waals surface area contributed by atoms with Crippen molar-refractivity contribution < 1.29 is 63.2 Å². The minimum absolute atomic E-state index is 0. The zero-order chi connectivity index (χ0) is 70.6. The summed E-state index contributed by atoms with van der Waals surface area (Å²) in [5, 5.41) is 13.1. The van der Waals surface area contributed by atoms with E-state index >= 15 is 0 Å². The first kappa shape index (κ1) is 25.5. The van der Waals surface area contributed by atoms with E-state index in [0.29, 0.717) is 57.0 Å². The molecule has 0 radical (unpaired) electrons. The van der Waals surface area contributed by atoms with E-state index in [0.717, 1.165) is 17.7 Å². The summed E-state index contributed by atoms with van der Waals surface area (Å²) in [6.07, 6.45) is 2.03. The third-order valence-corrected chi connectivity index (χ3v) is 11.9. The Labute approximate surface area is 462 Å². The van der Waals surface area contributed by atoms with E-state index in [4.69, 9.17) is 47.0 Å². The number of phenols is 1. The summed E-state index contributed by atoms with van der Waals surface area (Å²) in [5.41, 5.74) is -10.1. The summed E-state index contributed by atoms with van der Waals surface area (Å²) in [6, 6.07) is 44.5. The first-order valence-electron chi connectivity index (χ1n) is 35.4. The number of hydrogen-bond acceptors (Lipinski definition) is 3. The van der Waals surface area contributed by atoms with Crippen LogP contribution in [0.4, 0.5) is 0 Å². The van der Waals surface area contributed by atoms with E-state index in [1.807, 2.05) is 32.0 Å². The van der Waals surface area contributed by atoms with Crippen molar-refractivity contribution in [3.05, 3.63) is 192 Å². The van der Waals surface area contributed by atoms with Crippen molar-refractivity contribution in [3.8, 4) is 78.6 Å². The van der Waals surface area contributed by atoms with Gasteiger partial charge in [-0.05, 0) is 97.9 Å². The van der Waals surface area contributed by atoms with Gasteiger partial charge in [-0.15, -0.1) is 23.8 Å². The summed E-state index contributed by atoms with van der Waals surface area (Å²) in [4.78, 5) is 9.88. The van der Waals surface area contributed by atoms with Crippen LogP contribution in [0.2, 0.25) is 0 Å². The smallest absolute Gasteiger partial charge is 0.148 e. The van der Waals surface area contributed by atoms with Gasteiger partial charge in [0.2, 0.25) is 0 Å². The van der Waals surface area contributed by atoms with Crippen LogP contribution < -0.4 is 0 Å². The third-order valence-electron chi connectivity index (χ3n) is 11.9. The standard InChI is InChI=1S/C64H64N3O.Pt/c1-41(2)33-42-25-30-57(53(34-42)45-21-16-13-17-22-45)67-58-24-18-23-52(59(58)66-61(67)54-39-51(63(6,7)8)40-55(60(54)68)64(9,10)11)48-35-47(43-19-14-12-15-20-43)36-49(37-48)56-38-46(31-32-65-56)44-26-28-50(29-27-44)62(3,4)5;/h12-32,34-36,38-41,68H,33H2,1-11H3;/q-1;/i3D3,4D3,5D3,6D3,7D3,8D3,9D3,10D3,11D3;. The van der Waals surface area contributed by atoms with E-state index in [1.54, 1.807) is 103 Å². The molecule has 1 N–H and O–H groups in total. The van der Waals surface area contributed by atoms with Crippen molar-refractivity contribution in [2.75, 3.05) is 0 Å². The van der Waals surface area contributed by atoms with E-state index < -0.39 is 112 Å². The van der Waals surface area contributed by atoms with Crippen molar-refractivity contribution in [3.63, 3.8) is 0 Å². The number of nitrogens with zero attached hydrogens (tertiary/aromatic N) is 3. The molecular weight excluding hydrogens is 1020 g/mol.